The number of hydrogen-bond donors (Lipinski definition) is 2. The highest BCUT2D eigenvalue weighted by Crippen LogP contribution is 2.05. The molecule has 6 nitrogen and oxygen atoms in total. The summed E-state index contributed by atoms with van der Waals surface area (Å²) in [4.78, 5) is 4.14. The Morgan fingerprint density at radius 3 is 2.74 bits per heavy atom. The van der Waals surface area contributed by atoms with Gasteiger partial charge in [-0.3, -0.25) is 4.99 Å². The molecule has 0 atom stereocenters. The van der Waals surface area contributed by atoms with Crippen molar-refractivity contribution in [3.8, 4) is 0 Å². The summed E-state index contributed by atoms with van der Waals surface area (Å²) in [7, 11) is 3.42. The number of methoxy groups -OCH3 is 1. The molecule has 0 fully saturated rings. The van der Waals surface area contributed by atoms with Gasteiger partial charge in [0.15, 0.2) is 11.7 Å². The van der Waals surface area contributed by atoms with Gasteiger partial charge < -0.3 is 19.9 Å². The second-order valence-corrected chi connectivity index (χ2v) is 4.88. The SMILES string of the molecule is CCc1cc(CNC(=NC)NCC(C)(C)OC)on1. The van der Waals surface area contributed by atoms with E-state index in [1.54, 1.807) is 14.2 Å². The van der Waals surface area contributed by atoms with Crippen LogP contribution >= 0.6 is 0 Å². The average molecular weight is 268 g/mol. The van der Waals surface area contributed by atoms with Crippen molar-refractivity contribution in [1.29, 1.82) is 0 Å². The quantitative estimate of drug-likeness (QED) is 0.601. The third-order valence-electron chi connectivity index (χ3n) is 2.86. The molecule has 0 bridgehead atoms. The van der Waals surface area contributed by atoms with Crippen molar-refractivity contribution in [1.82, 2.24) is 15.8 Å². The van der Waals surface area contributed by atoms with E-state index >= 15 is 0 Å². The summed E-state index contributed by atoms with van der Waals surface area (Å²) < 4.78 is 10.5. The lowest BCUT2D eigenvalue weighted by atomic mass is 10.1. The molecular formula is C13H24N4O2. The fourth-order valence-electron chi connectivity index (χ4n) is 1.37. The van der Waals surface area contributed by atoms with Gasteiger partial charge >= 0.3 is 0 Å². The van der Waals surface area contributed by atoms with E-state index in [4.69, 9.17) is 9.26 Å². The number of aromatic nitrogens is 1. The molecule has 1 rings (SSSR count). The molecule has 2 N–H and O–H groups in total. The summed E-state index contributed by atoms with van der Waals surface area (Å²) in [5.74, 6) is 1.50. The molecule has 0 radical (unpaired) electrons. The number of guanidine groups is 1. The molecule has 19 heavy (non-hydrogen) atoms. The minimum absolute atomic E-state index is 0.237. The predicted molar refractivity (Wildman–Crippen MR) is 75.2 cm³/mol. The summed E-state index contributed by atoms with van der Waals surface area (Å²) in [6.07, 6.45) is 0.874. The highest BCUT2D eigenvalue weighted by Gasteiger charge is 2.16. The van der Waals surface area contributed by atoms with Crippen LogP contribution in [0.1, 0.15) is 32.2 Å². The lowest BCUT2D eigenvalue weighted by Crippen LogP contribution is -2.45. The summed E-state index contributed by atoms with van der Waals surface area (Å²) in [6, 6.07) is 1.94. The molecule has 0 aliphatic rings. The van der Waals surface area contributed by atoms with Gasteiger partial charge in [0.1, 0.15) is 0 Å². The molecule has 0 aliphatic carbocycles. The third-order valence-corrected chi connectivity index (χ3v) is 2.86. The maximum atomic E-state index is 5.34. The number of aliphatic imine (C=N–C) groups is 1. The monoisotopic (exact) mass is 268 g/mol. The second-order valence-electron chi connectivity index (χ2n) is 4.88. The van der Waals surface area contributed by atoms with Gasteiger partial charge in [-0.2, -0.15) is 0 Å². The van der Waals surface area contributed by atoms with Crippen LogP contribution in [0.5, 0.6) is 0 Å². The Bertz CT molecular complexity index is 413. The largest absolute Gasteiger partial charge is 0.377 e. The van der Waals surface area contributed by atoms with Crippen LogP contribution in [0.25, 0.3) is 0 Å². The number of ether oxygens (including phenoxy) is 1. The maximum Gasteiger partial charge on any atom is 0.191 e. The van der Waals surface area contributed by atoms with Gasteiger partial charge in [-0.15, -0.1) is 0 Å². The topological polar surface area (TPSA) is 71.7 Å². The molecule has 0 aromatic carbocycles. The molecule has 0 amide bonds. The van der Waals surface area contributed by atoms with Crippen LogP contribution in [0, 0.1) is 0 Å². The first kappa shape index (κ1) is 15.5. The number of hydrogen-bond acceptors (Lipinski definition) is 4. The first-order chi connectivity index (χ1) is 9.00. The zero-order valence-corrected chi connectivity index (χ0v) is 12.4. The van der Waals surface area contributed by atoms with Crippen LogP contribution in [0.4, 0.5) is 0 Å². The lowest BCUT2D eigenvalue weighted by Gasteiger charge is -2.24. The Hall–Kier alpha value is -1.56. The fraction of sp³-hybridized carbons (Fsp3) is 0.692. The van der Waals surface area contributed by atoms with E-state index in [2.05, 4.69) is 20.8 Å². The van der Waals surface area contributed by atoms with Crippen molar-refractivity contribution in [3.05, 3.63) is 17.5 Å². The first-order valence-electron chi connectivity index (χ1n) is 6.45. The van der Waals surface area contributed by atoms with Gasteiger partial charge in [-0.25, -0.2) is 0 Å². The highest BCUT2D eigenvalue weighted by molar-refractivity contribution is 5.79. The third kappa shape index (κ3) is 5.30. The van der Waals surface area contributed by atoms with Gasteiger partial charge in [0.25, 0.3) is 0 Å². The van der Waals surface area contributed by atoms with Crippen molar-refractivity contribution >= 4 is 5.96 Å². The zero-order valence-electron chi connectivity index (χ0n) is 12.4. The summed E-state index contributed by atoms with van der Waals surface area (Å²) in [5, 5.41) is 10.3. The Labute approximate surface area is 114 Å². The van der Waals surface area contributed by atoms with Gasteiger partial charge in [0.05, 0.1) is 17.8 Å². The number of nitrogens with zero attached hydrogens (tertiary/aromatic N) is 2. The van der Waals surface area contributed by atoms with Crippen LogP contribution in [0.3, 0.4) is 0 Å². The molecule has 108 valence electrons. The van der Waals surface area contributed by atoms with Crippen molar-refractivity contribution in [2.75, 3.05) is 20.7 Å². The van der Waals surface area contributed by atoms with E-state index in [-0.39, 0.29) is 5.60 Å². The van der Waals surface area contributed by atoms with Crippen LogP contribution in [-0.4, -0.2) is 37.4 Å². The molecule has 0 aliphatic heterocycles. The minimum Gasteiger partial charge on any atom is -0.377 e. The van der Waals surface area contributed by atoms with Crippen molar-refractivity contribution in [2.24, 2.45) is 4.99 Å². The van der Waals surface area contributed by atoms with Gasteiger partial charge in [0, 0.05) is 26.8 Å². The molecule has 1 heterocycles. The standard InChI is InChI=1S/C13H24N4O2/c1-6-10-7-11(19-17-10)8-15-12(14-4)16-9-13(2,3)18-5/h7H,6,8-9H2,1-5H3,(H2,14,15,16). The Kier molecular flexibility index (Phi) is 5.82. The summed E-state index contributed by atoms with van der Waals surface area (Å²) in [6.45, 7) is 7.29. The molecule has 0 saturated carbocycles. The molecular weight excluding hydrogens is 244 g/mol. The van der Waals surface area contributed by atoms with Crippen molar-refractivity contribution in [3.63, 3.8) is 0 Å². The number of aryl methyl sites for hydroxylation is 1. The van der Waals surface area contributed by atoms with Crippen molar-refractivity contribution < 1.29 is 9.26 Å². The average Bonchev–Trinajstić information content (AvgIpc) is 2.87. The van der Waals surface area contributed by atoms with E-state index in [1.165, 1.54) is 0 Å². The Morgan fingerprint density at radius 2 is 2.21 bits per heavy atom. The van der Waals surface area contributed by atoms with Crippen molar-refractivity contribution in [2.45, 2.75) is 39.3 Å². The molecule has 1 aromatic heterocycles. The number of rotatable bonds is 6. The highest BCUT2D eigenvalue weighted by atomic mass is 16.5. The zero-order chi connectivity index (χ0) is 14.3. The van der Waals surface area contributed by atoms with Gasteiger partial charge in [0.2, 0.25) is 0 Å². The van der Waals surface area contributed by atoms with E-state index in [1.807, 2.05) is 26.8 Å². The first-order valence-corrected chi connectivity index (χ1v) is 6.45. The van der Waals surface area contributed by atoms with Crippen LogP contribution in [0.2, 0.25) is 0 Å². The summed E-state index contributed by atoms with van der Waals surface area (Å²) in [5.41, 5.74) is 0.722. The Balaban J connectivity index is 2.41. The molecule has 6 heteroatoms. The maximum absolute atomic E-state index is 5.34. The molecule has 1 aromatic rings. The fourth-order valence-corrected chi connectivity index (χ4v) is 1.37. The molecule has 0 spiro atoms. The molecule has 0 unspecified atom stereocenters. The van der Waals surface area contributed by atoms with Gasteiger partial charge in [-0.05, 0) is 20.3 Å². The predicted octanol–water partition coefficient (Wildman–Crippen LogP) is 1.33. The van der Waals surface area contributed by atoms with E-state index in [0.717, 1.165) is 17.9 Å². The van der Waals surface area contributed by atoms with Crippen LogP contribution in [-0.2, 0) is 17.7 Å². The smallest absolute Gasteiger partial charge is 0.191 e. The van der Waals surface area contributed by atoms with E-state index in [0.29, 0.717) is 19.0 Å². The van der Waals surface area contributed by atoms with E-state index in [9.17, 15) is 0 Å². The minimum atomic E-state index is -0.237. The Morgan fingerprint density at radius 1 is 1.47 bits per heavy atom. The molecule has 0 saturated heterocycles. The van der Waals surface area contributed by atoms with E-state index < -0.39 is 0 Å². The van der Waals surface area contributed by atoms with Crippen LogP contribution < -0.4 is 10.6 Å². The lowest BCUT2D eigenvalue weighted by molar-refractivity contribution is 0.0268. The van der Waals surface area contributed by atoms with Gasteiger partial charge in [-0.1, -0.05) is 12.1 Å². The summed E-state index contributed by atoms with van der Waals surface area (Å²) >= 11 is 0. The number of nitrogens with one attached hydrogen (secondary N) is 2. The second kappa shape index (κ2) is 7.13. The normalized spacial score (nSPS) is 12.6. The van der Waals surface area contributed by atoms with Crippen LogP contribution in [0.15, 0.2) is 15.6 Å².